The van der Waals surface area contributed by atoms with E-state index in [1.165, 1.54) is 12.0 Å². The van der Waals surface area contributed by atoms with Gasteiger partial charge < -0.3 is 29.5 Å². The third-order valence-electron chi connectivity index (χ3n) is 5.88. The van der Waals surface area contributed by atoms with Crippen LogP contribution in [0, 0.1) is 0 Å². The van der Waals surface area contributed by atoms with Crippen molar-refractivity contribution in [1.29, 1.82) is 0 Å². The molecule has 1 heterocycles. The molecule has 2 amide bonds. The standard InChI is InChI=1S/C25H37N3O8/c1-18(22(29)28-14-8-15-35-16-12-21(28)23(30)31)27-20(24(32)34-2)11-6-7-13-26-25(33)36-17-19-9-4-3-5-10-19/h3-5,9-10,18,20-21,27H,6-8,11-17H2,1-2H3,(H,26,33)(H,30,31)/t18-,20+,21+/m1/s1. The molecule has 3 N–H and O–H groups in total. The molecule has 1 aliphatic rings. The molecule has 0 aliphatic carbocycles. The highest BCUT2D eigenvalue weighted by Gasteiger charge is 2.34. The van der Waals surface area contributed by atoms with Crippen LogP contribution in [0.2, 0.25) is 0 Å². The molecule has 1 aliphatic heterocycles. The number of methoxy groups -OCH3 is 1. The fourth-order valence-electron chi connectivity index (χ4n) is 3.94. The van der Waals surface area contributed by atoms with Gasteiger partial charge in [0.25, 0.3) is 0 Å². The number of esters is 1. The third kappa shape index (κ3) is 9.82. The lowest BCUT2D eigenvalue weighted by molar-refractivity contribution is -0.153. The van der Waals surface area contributed by atoms with E-state index in [0.29, 0.717) is 38.8 Å². The van der Waals surface area contributed by atoms with Crippen LogP contribution < -0.4 is 10.6 Å². The summed E-state index contributed by atoms with van der Waals surface area (Å²) in [6, 6.07) is 6.83. The van der Waals surface area contributed by atoms with E-state index in [-0.39, 0.29) is 32.1 Å². The molecule has 36 heavy (non-hydrogen) atoms. The van der Waals surface area contributed by atoms with Gasteiger partial charge in [-0.2, -0.15) is 0 Å². The molecule has 2 rings (SSSR count). The SMILES string of the molecule is COC(=O)[C@H](CCCCNC(=O)OCc1ccccc1)N[C@H](C)C(=O)N1CCCOCC[C@H]1C(=O)O. The quantitative estimate of drug-likeness (QED) is 0.284. The zero-order chi connectivity index (χ0) is 26.3. The van der Waals surface area contributed by atoms with Crippen LogP contribution in [0.4, 0.5) is 4.79 Å². The van der Waals surface area contributed by atoms with Gasteiger partial charge in [0, 0.05) is 32.7 Å². The van der Waals surface area contributed by atoms with Crippen LogP contribution in [-0.4, -0.2) is 85.5 Å². The number of hydrogen-bond acceptors (Lipinski definition) is 8. The van der Waals surface area contributed by atoms with Crippen molar-refractivity contribution < 1.29 is 38.5 Å². The third-order valence-corrected chi connectivity index (χ3v) is 5.88. The summed E-state index contributed by atoms with van der Waals surface area (Å²) in [6.07, 6.45) is 1.75. The Morgan fingerprint density at radius 3 is 2.61 bits per heavy atom. The monoisotopic (exact) mass is 507 g/mol. The average Bonchev–Trinajstić information content (AvgIpc) is 2.86. The number of alkyl carbamates (subject to hydrolysis) is 1. The molecule has 0 radical (unpaired) electrons. The van der Waals surface area contributed by atoms with Gasteiger partial charge in [0.2, 0.25) is 5.91 Å². The predicted molar refractivity (Wildman–Crippen MR) is 130 cm³/mol. The molecule has 11 nitrogen and oxygen atoms in total. The number of nitrogens with zero attached hydrogens (tertiary/aromatic N) is 1. The van der Waals surface area contributed by atoms with Gasteiger partial charge in [-0.25, -0.2) is 9.59 Å². The fraction of sp³-hybridized carbons (Fsp3) is 0.600. The summed E-state index contributed by atoms with van der Waals surface area (Å²) in [7, 11) is 1.27. The molecule has 0 bridgehead atoms. The maximum absolute atomic E-state index is 13.1. The fourth-order valence-corrected chi connectivity index (χ4v) is 3.94. The number of carbonyl (C=O) groups is 4. The number of ether oxygens (including phenoxy) is 3. The first-order valence-electron chi connectivity index (χ1n) is 12.2. The minimum absolute atomic E-state index is 0.180. The van der Waals surface area contributed by atoms with Gasteiger partial charge >= 0.3 is 18.0 Å². The Bertz CT molecular complexity index is 851. The summed E-state index contributed by atoms with van der Waals surface area (Å²) < 4.78 is 15.4. The lowest BCUT2D eigenvalue weighted by atomic mass is 10.1. The van der Waals surface area contributed by atoms with Gasteiger partial charge in [0.05, 0.1) is 13.2 Å². The second kappa shape index (κ2) is 15.7. The Hall–Kier alpha value is -3.18. The minimum Gasteiger partial charge on any atom is -0.480 e. The van der Waals surface area contributed by atoms with Crippen LogP contribution in [0.25, 0.3) is 0 Å². The summed E-state index contributed by atoms with van der Waals surface area (Å²) in [5, 5.41) is 15.2. The van der Waals surface area contributed by atoms with E-state index >= 15 is 0 Å². The number of nitrogens with one attached hydrogen (secondary N) is 2. The number of carboxylic acid groups (broad SMARTS) is 1. The lowest BCUT2D eigenvalue weighted by Crippen LogP contribution is -2.55. The van der Waals surface area contributed by atoms with Crippen LogP contribution in [0.1, 0.15) is 44.6 Å². The summed E-state index contributed by atoms with van der Waals surface area (Å²) >= 11 is 0. The molecular formula is C25H37N3O8. The van der Waals surface area contributed by atoms with Crippen molar-refractivity contribution >= 4 is 23.9 Å². The molecule has 0 spiro atoms. The number of rotatable bonds is 12. The smallest absolute Gasteiger partial charge is 0.407 e. The molecule has 11 heteroatoms. The number of benzene rings is 1. The molecule has 200 valence electrons. The van der Waals surface area contributed by atoms with Crippen LogP contribution in [-0.2, 0) is 35.2 Å². The lowest BCUT2D eigenvalue weighted by Gasteiger charge is -2.33. The Labute approximate surface area is 211 Å². The topological polar surface area (TPSA) is 143 Å². The van der Waals surface area contributed by atoms with E-state index in [2.05, 4.69) is 10.6 Å². The van der Waals surface area contributed by atoms with Gasteiger partial charge in [-0.3, -0.25) is 14.9 Å². The number of aliphatic carboxylic acids is 1. The van der Waals surface area contributed by atoms with E-state index in [4.69, 9.17) is 14.2 Å². The summed E-state index contributed by atoms with van der Waals surface area (Å²) in [4.78, 5) is 50.3. The summed E-state index contributed by atoms with van der Waals surface area (Å²) in [6.45, 7) is 3.14. The number of hydrogen-bond donors (Lipinski definition) is 3. The summed E-state index contributed by atoms with van der Waals surface area (Å²) in [5.74, 6) is -1.98. The first kappa shape index (κ1) is 29.1. The highest BCUT2D eigenvalue weighted by atomic mass is 16.5. The Morgan fingerprint density at radius 2 is 1.92 bits per heavy atom. The van der Waals surface area contributed by atoms with Crippen molar-refractivity contribution in [1.82, 2.24) is 15.5 Å². The number of carboxylic acids is 1. The van der Waals surface area contributed by atoms with Crippen LogP contribution in [0.15, 0.2) is 30.3 Å². The van der Waals surface area contributed by atoms with Crippen molar-refractivity contribution in [3.63, 3.8) is 0 Å². The Morgan fingerprint density at radius 1 is 1.17 bits per heavy atom. The van der Waals surface area contributed by atoms with Gasteiger partial charge in [0.1, 0.15) is 18.7 Å². The molecule has 1 aromatic carbocycles. The number of carbonyl (C=O) groups excluding carboxylic acids is 3. The molecule has 1 aromatic rings. The zero-order valence-corrected chi connectivity index (χ0v) is 20.9. The van der Waals surface area contributed by atoms with Crippen molar-refractivity contribution in [3.05, 3.63) is 35.9 Å². The summed E-state index contributed by atoms with van der Waals surface area (Å²) in [5.41, 5.74) is 0.891. The van der Waals surface area contributed by atoms with E-state index in [1.807, 2.05) is 30.3 Å². The molecule has 1 saturated heterocycles. The molecular weight excluding hydrogens is 470 g/mol. The average molecular weight is 508 g/mol. The van der Waals surface area contributed by atoms with E-state index in [9.17, 15) is 24.3 Å². The first-order chi connectivity index (χ1) is 17.3. The van der Waals surface area contributed by atoms with Crippen molar-refractivity contribution in [3.8, 4) is 0 Å². The highest BCUT2D eigenvalue weighted by molar-refractivity contribution is 5.87. The van der Waals surface area contributed by atoms with E-state index in [0.717, 1.165) is 5.56 Å². The van der Waals surface area contributed by atoms with Crippen LogP contribution in [0.3, 0.4) is 0 Å². The Kier molecular flexibility index (Phi) is 12.7. The maximum Gasteiger partial charge on any atom is 0.407 e. The van der Waals surface area contributed by atoms with Gasteiger partial charge in [-0.1, -0.05) is 30.3 Å². The van der Waals surface area contributed by atoms with Crippen molar-refractivity contribution in [2.45, 2.75) is 63.8 Å². The first-order valence-corrected chi connectivity index (χ1v) is 12.2. The highest BCUT2D eigenvalue weighted by Crippen LogP contribution is 2.13. The molecule has 0 unspecified atom stereocenters. The second-order valence-corrected chi connectivity index (χ2v) is 8.59. The zero-order valence-electron chi connectivity index (χ0n) is 20.9. The molecule has 3 atom stereocenters. The number of unbranched alkanes of at least 4 members (excludes halogenated alkanes) is 1. The largest absolute Gasteiger partial charge is 0.480 e. The Balaban J connectivity index is 1.80. The van der Waals surface area contributed by atoms with Crippen LogP contribution >= 0.6 is 0 Å². The minimum atomic E-state index is -1.08. The normalized spacial score (nSPS) is 17.7. The van der Waals surface area contributed by atoms with Gasteiger partial charge in [-0.15, -0.1) is 0 Å². The second-order valence-electron chi connectivity index (χ2n) is 8.59. The van der Waals surface area contributed by atoms with Crippen molar-refractivity contribution in [2.24, 2.45) is 0 Å². The number of amides is 2. The molecule has 0 saturated carbocycles. The predicted octanol–water partition coefficient (Wildman–Crippen LogP) is 1.70. The maximum atomic E-state index is 13.1. The van der Waals surface area contributed by atoms with Gasteiger partial charge in [0.15, 0.2) is 0 Å². The van der Waals surface area contributed by atoms with E-state index in [1.54, 1.807) is 6.92 Å². The molecule has 1 fully saturated rings. The molecule has 0 aromatic heterocycles. The van der Waals surface area contributed by atoms with E-state index < -0.39 is 36.2 Å². The van der Waals surface area contributed by atoms with Gasteiger partial charge in [-0.05, 0) is 38.2 Å². The van der Waals surface area contributed by atoms with Crippen molar-refractivity contribution in [2.75, 3.05) is 33.4 Å². The van der Waals surface area contributed by atoms with Crippen LogP contribution in [0.5, 0.6) is 0 Å².